The monoisotopic (exact) mass is 477 g/mol. The molecule has 0 saturated heterocycles. The number of alkyl halides is 4. The fourth-order valence-corrected chi connectivity index (χ4v) is 4.78. The van der Waals surface area contributed by atoms with Crippen molar-refractivity contribution in [3.63, 3.8) is 0 Å². The van der Waals surface area contributed by atoms with Gasteiger partial charge in [-0.3, -0.25) is 9.48 Å². The number of aromatic nitrogens is 3. The van der Waals surface area contributed by atoms with Gasteiger partial charge in [0.1, 0.15) is 11.4 Å². The number of carbonyl (C=O) groups excluding carboxylic acids is 1. The van der Waals surface area contributed by atoms with Crippen molar-refractivity contribution >= 4 is 15.6 Å². The van der Waals surface area contributed by atoms with Crippen LogP contribution in [0, 0.1) is 17.1 Å². The Morgan fingerprint density at radius 2 is 2.00 bits per heavy atom. The maximum atomic E-state index is 14.1. The Labute approximate surface area is 181 Å². The normalized spacial score (nSPS) is 19.9. The molecule has 1 aliphatic carbocycles. The van der Waals surface area contributed by atoms with Crippen LogP contribution in [0.15, 0.2) is 28.3 Å². The molecule has 8 nitrogen and oxygen atoms in total. The maximum Gasteiger partial charge on any atom is 0.296 e. The molecule has 0 spiro atoms. The van der Waals surface area contributed by atoms with E-state index in [1.165, 1.54) is 13.0 Å². The molecule has 1 aliphatic rings. The van der Waals surface area contributed by atoms with Crippen LogP contribution in [0.2, 0.25) is 0 Å². The molecular weight excluding hydrogens is 454 g/mol. The third-order valence-electron chi connectivity index (χ3n) is 5.22. The number of pyridine rings is 1. The van der Waals surface area contributed by atoms with Crippen LogP contribution in [0.3, 0.4) is 0 Å². The lowest BCUT2D eigenvalue weighted by Crippen LogP contribution is -2.47. The van der Waals surface area contributed by atoms with Crippen molar-refractivity contribution in [2.24, 2.45) is 10.4 Å². The average Bonchev–Trinajstić information content (AvgIpc) is 2.89. The lowest BCUT2D eigenvalue weighted by molar-refractivity contribution is -0.160. The van der Waals surface area contributed by atoms with E-state index >= 15 is 0 Å². The summed E-state index contributed by atoms with van der Waals surface area (Å²) in [7, 11) is -3.36. The predicted molar refractivity (Wildman–Crippen MR) is 105 cm³/mol. The Kier molecular flexibility index (Phi) is 5.56. The molecule has 1 unspecified atom stereocenters. The number of nitrogens with one attached hydrogen (secondary N) is 1. The topological polar surface area (TPSA) is 113 Å². The lowest BCUT2D eigenvalue weighted by atomic mass is 9.67. The molecule has 1 fully saturated rings. The smallest absolute Gasteiger partial charge is 0.296 e. The molecule has 2 aromatic heterocycles. The highest BCUT2D eigenvalue weighted by Crippen LogP contribution is 2.52. The highest BCUT2D eigenvalue weighted by atomic mass is 32.2. The molecule has 0 aromatic carbocycles. The summed E-state index contributed by atoms with van der Waals surface area (Å²) in [6, 6.07) is 2.26. The predicted octanol–water partition coefficient (Wildman–Crippen LogP) is 3.55. The Balaban J connectivity index is 2.09. The molecule has 3 rings (SSSR count). The Bertz CT molecular complexity index is 1250. The summed E-state index contributed by atoms with van der Waals surface area (Å²) in [4.78, 5) is 16.8. The molecule has 0 aliphatic heterocycles. The zero-order valence-electron chi connectivity index (χ0n) is 17.8. The Hall–Kier alpha value is -2.70. The zero-order valence-corrected chi connectivity index (χ0v) is 18.6. The number of nitrogens with zero attached hydrogens (tertiary/aromatic N) is 4. The molecule has 2 N–H and O–H groups in total. The van der Waals surface area contributed by atoms with Gasteiger partial charge in [-0.15, -0.1) is 0 Å². The first-order valence-corrected chi connectivity index (χ1v) is 11.5. The molecule has 32 heavy (non-hydrogen) atoms. The Morgan fingerprint density at radius 3 is 2.50 bits per heavy atom. The van der Waals surface area contributed by atoms with E-state index in [4.69, 9.17) is 4.78 Å². The van der Waals surface area contributed by atoms with E-state index in [2.05, 4.69) is 10.1 Å². The van der Waals surface area contributed by atoms with Gasteiger partial charge in [-0.1, -0.05) is 6.92 Å². The van der Waals surface area contributed by atoms with E-state index in [0.717, 1.165) is 23.2 Å². The summed E-state index contributed by atoms with van der Waals surface area (Å²) in [5.41, 5.74) is -1.99. The summed E-state index contributed by atoms with van der Waals surface area (Å²) >= 11 is 0. The van der Waals surface area contributed by atoms with Crippen LogP contribution in [-0.4, -0.2) is 42.0 Å². The second-order valence-corrected chi connectivity index (χ2v) is 10.8. The van der Waals surface area contributed by atoms with E-state index in [-0.39, 0.29) is 28.2 Å². The van der Waals surface area contributed by atoms with Crippen LogP contribution in [0.1, 0.15) is 48.4 Å². The third kappa shape index (κ3) is 4.71. The minimum absolute atomic E-state index is 0.0736. The number of hydrogen-bond acceptors (Lipinski definition) is 5. The molecule has 1 atom stereocenters. The van der Waals surface area contributed by atoms with Crippen molar-refractivity contribution in [3.05, 3.63) is 40.6 Å². The molecule has 176 valence electrons. The van der Waals surface area contributed by atoms with Crippen molar-refractivity contribution in [2.45, 2.75) is 57.0 Å². The SMILES string of the molecule is Cc1c(C(C)(F)F)nn(CC2(C)CC(F)(F)C2)c1C(=O)N=c1ccn(O)c(S(C)(=N)=O)c1. The van der Waals surface area contributed by atoms with Crippen LogP contribution >= 0.6 is 0 Å². The van der Waals surface area contributed by atoms with Gasteiger partial charge in [-0.05, 0) is 18.4 Å². The summed E-state index contributed by atoms with van der Waals surface area (Å²) < 4.78 is 76.0. The molecule has 13 heteroatoms. The van der Waals surface area contributed by atoms with E-state index in [1.807, 2.05) is 0 Å². The standard InChI is InChI=1S/C19H23F4N5O3S/c1-11-14(16(29)25-12-5-6-28(30)13(7-12)32(4,24)31)27(26-15(11)18(3,20)21)10-17(2)8-19(22,23)9-17/h5-7,24,30H,8-10H2,1-4H3. The average molecular weight is 477 g/mol. The first-order valence-electron chi connectivity index (χ1n) is 9.50. The molecular formula is C19H23F4N5O3S. The van der Waals surface area contributed by atoms with Crippen molar-refractivity contribution < 1.29 is 31.8 Å². The van der Waals surface area contributed by atoms with Gasteiger partial charge in [0.2, 0.25) is 5.92 Å². The first-order chi connectivity index (χ1) is 14.4. The first kappa shape index (κ1) is 24.0. The second-order valence-electron chi connectivity index (χ2n) is 8.72. The van der Waals surface area contributed by atoms with Gasteiger partial charge >= 0.3 is 0 Å². The fraction of sp³-hybridized carbons (Fsp3) is 0.526. The number of halogens is 4. The van der Waals surface area contributed by atoms with Crippen LogP contribution in [0.4, 0.5) is 17.6 Å². The Morgan fingerprint density at radius 1 is 1.41 bits per heavy atom. The summed E-state index contributed by atoms with van der Waals surface area (Å²) in [6.07, 6.45) is 1.17. The van der Waals surface area contributed by atoms with Gasteiger partial charge in [0.15, 0.2) is 5.03 Å². The van der Waals surface area contributed by atoms with Gasteiger partial charge in [0.25, 0.3) is 11.8 Å². The highest BCUT2D eigenvalue weighted by molar-refractivity contribution is 7.91. The molecule has 2 aromatic rings. The van der Waals surface area contributed by atoms with Crippen LogP contribution in [-0.2, 0) is 22.2 Å². The summed E-state index contributed by atoms with van der Waals surface area (Å²) in [5, 5.41) is 13.2. The largest absolute Gasteiger partial charge is 0.428 e. The van der Waals surface area contributed by atoms with Crippen molar-refractivity contribution in [3.8, 4) is 0 Å². The summed E-state index contributed by atoms with van der Waals surface area (Å²) in [6.45, 7) is 3.28. The van der Waals surface area contributed by atoms with Crippen LogP contribution in [0.5, 0.6) is 0 Å². The van der Waals surface area contributed by atoms with Gasteiger partial charge in [-0.25, -0.2) is 22.8 Å². The van der Waals surface area contributed by atoms with Gasteiger partial charge in [0.05, 0.1) is 15.1 Å². The fourth-order valence-electron chi connectivity index (χ4n) is 4.02. The number of rotatable bonds is 5. The zero-order chi connectivity index (χ0) is 24.3. The van der Waals surface area contributed by atoms with E-state index in [1.54, 1.807) is 6.92 Å². The molecule has 1 amide bonds. The van der Waals surface area contributed by atoms with Gasteiger partial charge in [0, 0.05) is 50.4 Å². The van der Waals surface area contributed by atoms with Crippen LogP contribution < -0.4 is 5.36 Å². The minimum Gasteiger partial charge on any atom is -0.428 e. The maximum absolute atomic E-state index is 14.1. The minimum atomic E-state index is -3.38. The lowest BCUT2D eigenvalue weighted by Gasteiger charge is -2.44. The van der Waals surface area contributed by atoms with E-state index < -0.39 is 51.4 Å². The highest BCUT2D eigenvalue weighted by Gasteiger charge is 2.54. The van der Waals surface area contributed by atoms with Gasteiger partial charge in [-0.2, -0.15) is 18.6 Å². The van der Waals surface area contributed by atoms with E-state index in [9.17, 15) is 31.8 Å². The second kappa shape index (κ2) is 7.42. The number of amides is 1. The van der Waals surface area contributed by atoms with Crippen molar-refractivity contribution in [1.82, 2.24) is 14.5 Å². The molecule has 0 radical (unpaired) electrons. The van der Waals surface area contributed by atoms with E-state index in [0.29, 0.717) is 11.7 Å². The van der Waals surface area contributed by atoms with Crippen molar-refractivity contribution in [2.75, 3.05) is 6.26 Å². The quantitative estimate of drug-likeness (QED) is 0.506. The number of hydrogen-bond donors (Lipinski definition) is 2. The molecule has 0 bridgehead atoms. The third-order valence-corrected chi connectivity index (χ3v) is 6.33. The summed E-state index contributed by atoms with van der Waals surface area (Å²) in [5.74, 6) is -7.20. The van der Waals surface area contributed by atoms with Crippen LogP contribution in [0.25, 0.3) is 0 Å². The number of carbonyl (C=O) groups is 1. The van der Waals surface area contributed by atoms with Gasteiger partial charge < -0.3 is 5.21 Å². The van der Waals surface area contributed by atoms with Crippen molar-refractivity contribution in [1.29, 1.82) is 4.78 Å². The molecule has 1 saturated carbocycles. The molecule has 2 heterocycles.